The number of imide groups is 1. The molecular formula is C33H56N2O4. The van der Waals surface area contributed by atoms with Gasteiger partial charge in [0.1, 0.15) is 12.2 Å². The van der Waals surface area contributed by atoms with E-state index in [4.69, 9.17) is 9.57 Å². The van der Waals surface area contributed by atoms with Crippen LogP contribution < -0.4 is 5.32 Å². The van der Waals surface area contributed by atoms with Crippen LogP contribution in [0.15, 0.2) is 30.3 Å². The molecule has 6 nitrogen and oxygen atoms in total. The number of unbranched alkanes of at least 4 members (excludes halogenated alkanes) is 8. The van der Waals surface area contributed by atoms with Gasteiger partial charge in [-0.1, -0.05) is 109 Å². The molecule has 0 spiro atoms. The van der Waals surface area contributed by atoms with E-state index in [1.165, 1.54) is 38.5 Å². The number of nitrogens with one attached hydrogen (secondary N) is 1. The van der Waals surface area contributed by atoms with Crippen LogP contribution in [0.3, 0.4) is 0 Å². The number of carbonyl (C=O) groups excluding carboxylic acids is 2. The number of nitrogens with zero attached hydrogens (tertiary/aromatic N) is 1. The normalized spacial score (nSPS) is 26.2. The van der Waals surface area contributed by atoms with Gasteiger partial charge in [0.15, 0.2) is 0 Å². The minimum absolute atomic E-state index is 0.0169. The highest BCUT2D eigenvalue weighted by Gasteiger charge is 2.55. The average molecular weight is 545 g/mol. The van der Waals surface area contributed by atoms with Gasteiger partial charge in [-0.2, -0.15) is 5.06 Å². The second kappa shape index (κ2) is 16.4. The zero-order chi connectivity index (χ0) is 28.9. The van der Waals surface area contributed by atoms with E-state index >= 15 is 0 Å². The first-order chi connectivity index (χ1) is 18.6. The Hall–Kier alpha value is -1.92. The van der Waals surface area contributed by atoms with E-state index in [1.807, 2.05) is 18.2 Å². The van der Waals surface area contributed by atoms with Crippen LogP contribution >= 0.6 is 0 Å². The quantitative estimate of drug-likeness (QED) is 0.210. The molecule has 0 saturated carbocycles. The molecule has 39 heavy (non-hydrogen) atoms. The molecule has 1 aliphatic heterocycles. The molecule has 1 N–H and O–H groups in total. The number of hydroxylamine groups is 2. The maximum Gasteiger partial charge on any atom is 0.414 e. The Morgan fingerprint density at radius 1 is 0.949 bits per heavy atom. The van der Waals surface area contributed by atoms with Crippen molar-refractivity contribution in [3.05, 3.63) is 35.9 Å². The maximum atomic E-state index is 12.8. The van der Waals surface area contributed by atoms with Crippen LogP contribution in [-0.2, 0) is 14.4 Å². The van der Waals surface area contributed by atoms with Gasteiger partial charge in [-0.25, -0.2) is 4.79 Å². The van der Waals surface area contributed by atoms with Gasteiger partial charge in [0.2, 0.25) is 5.91 Å². The molecule has 0 aliphatic carbocycles. The number of rotatable bonds is 16. The number of carbonyl (C=O) groups is 2. The smallest absolute Gasteiger partial charge is 0.414 e. The SMILES string of the molecule is CCCCCCCCCCCC(=O)NC(=O)OC1CC(C)(CC)N(OC(C)c2ccccc2)C(C)(CC)C1C. The summed E-state index contributed by atoms with van der Waals surface area (Å²) in [6, 6.07) is 10.3. The second-order valence-corrected chi connectivity index (χ2v) is 12.1. The summed E-state index contributed by atoms with van der Waals surface area (Å²) in [6.45, 7) is 15.2. The van der Waals surface area contributed by atoms with Gasteiger partial charge in [0.25, 0.3) is 0 Å². The lowest BCUT2D eigenvalue weighted by atomic mass is 9.69. The van der Waals surface area contributed by atoms with E-state index < -0.39 is 6.09 Å². The predicted molar refractivity (Wildman–Crippen MR) is 159 cm³/mol. The Balaban J connectivity index is 1.91. The number of amides is 2. The lowest BCUT2D eigenvalue weighted by Gasteiger charge is -2.59. The fraction of sp³-hybridized carbons (Fsp3) is 0.758. The van der Waals surface area contributed by atoms with Gasteiger partial charge < -0.3 is 4.74 Å². The molecular weight excluding hydrogens is 488 g/mol. The van der Waals surface area contributed by atoms with Crippen LogP contribution in [0.5, 0.6) is 0 Å². The summed E-state index contributed by atoms with van der Waals surface area (Å²) < 4.78 is 5.95. The Bertz CT molecular complexity index is 863. The topological polar surface area (TPSA) is 67.9 Å². The van der Waals surface area contributed by atoms with Crippen molar-refractivity contribution in [2.75, 3.05) is 0 Å². The third-order valence-corrected chi connectivity index (χ3v) is 9.15. The summed E-state index contributed by atoms with van der Waals surface area (Å²) in [4.78, 5) is 31.9. The highest BCUT2D eigenvalue weighted by Crippen LogP contribution is 2.48. The summed E-state index contributed by atoms with van der Waals surface area (Å²) in [5, 5.41) is 4.67. The van der Waals surface area contributed by atoms with Gasteiger partial charge in [-0.15, -0.1) is 0 Å². The van der Waals surface area contributed by atoms with Crippen LogP contribution in [0.1, 0.15) is 144 Å². The first-order valence-electron chi connectivity index (χ1n) is 15.6. The van der Waals surface area contributed by atoms with Crippen molar-refractivity contribution in [1.29, 1.82) is 0 Å². The summed E-state index contributed by atoms with van der Waals surface area (Å²) in [5.74, 6) is -0.229. The molecule has 1 aromatic carbocycles. The molecule has 6 heteroatoms. The second-order valence-electron chi connectivity index (χ2n) is 12.1. The number of hydrogen-bond acceptors (Lipinski definition) is 5. The van der Waals surface area contributed by atoms with Gasteiger partial charge in [-0.3, -0.25) is 14.9 Å². The van der Waals surface area contributed by atoms with Crippen molar-refractivity contribution >= 4 is 12.0 Å². The first kappa shape index (κ1) is 33.3. The molecule has 1 heterocycles. The van der Waals surface area contributed by atoms with Gasteiger partial charge in [-0.05, 0) is 45.6 Å². The monoisotopic (exact) mass is 544 g/mol. The lowest BCUT2D eigenvalue weighted by molar-refractivity contribution is -0.335. The minimum Gasteiger partial charge on any atom is -0.446 e. The molecule has 1 saturated heterocycles. The van der Waals surface area contributed by atoms with Gasteiger partial charge in [0.05, 0.1) is 0 Å². The zero-order valence-corrected chi connectivity index (χ0v) is 25.9. The van der Waals surface area contributed by atoms with E-state index in [9.17, 15) is 9.59 Å². The third kappa shape index (κ3) is 9.60. The maximum absolute atomic E-state index is 12.8. The molecule has 1 aromatic rings. The number of ether oxygens (including phenoxy) is 1. The van der Waals surface area contributed by atoms with Crippen LogP contribution in [0.2, 0.25) is 0 Å². The van der Waals surface area contributed by atoms with Gasteiger partial charge >= 0.3 is 6.09 Å². The molecule has 1 aliphatic rings. The van der Waals surface area contributed by atoms with E-state index in [2.05, 4.69) is 71.0 Å². The van der Waals surface area contributed by atoms with Crippen molar-refractivity contribution in [2.45, 2.75) is 155 Å². The molecule has 0 bridgehead atoms. The summed E-state index contributed by atoms with van der Waals surface area (Å²) in [5.41, 5.74) is 0.453. The summed E-state index contributed by atoms with van der Waals surface area (Å²) >= 11 is 0. The highest BCUT2D eigenvalue weighted by molar-refractivity contribution is 5.91. The fourth-order valence-corrected chi connectivity index (χ4v) is 5.92. The molecule has 1 fully saturated rings. The molecule has 0 aromatic heterocycles. The standard InChI is InChI=1S/C33H56N2O4/c1-8-11-12-13-14-15-16-17-21-24-30(36)34-31(37)38-29-25-32(6,9-2)35(33(7,10-3)26(29)4)39-27(5)28-22-19-18-20-23-28/h18-20,22-23,26-27,29H,8-17,21,24-25H2,1-7H3,(H,34,36,37). The summed E-state index contributed by atoms with van der Waals surface area (Å²) in [6.07, 6.45) is 12.4. The van der Waals surface area contributed by atoms with Gasteiger partial charge in [0, 0.05) is 29.8 Å². The van der Waals surface area contributed by atoms with Crippen molar-refractivity contribution < 1.29 is 19.2 Å². The highest BCUT2D eigenvalue weighted by atomic mass is 16.7. The Labute approximate surface area is 238 Å². The molecule has 2 rings (SSSR count). The average Bonchev–Trinajstić information content (AvgIpc) is 2.93. The van der Waals surface area contributed by atoms with Crippen LogP contribution in [0.25, 0.3) is 0 Å². The third-order valence-electron chi connectivity index (χ3n) is 9.15. The fourth-order valence-electron chi connectivity index (χ4n) is 5.92. The number of benzene rings is 1. The molecule has 0 radical (unpaired) electrons. The van der Waals surface area contributed by atoms with E-state index in [-0.39, 0.29) is 35.1 Å². The van der Waals surface area contributed by atoms with Crippen molar-refractivity contribution in [3.63, 3.8) is 0 Å². The van der Waals surface area contributed by atoms with E-state index in [1.54, 1.807) is 0 Å². The van der Waals surface area contributed by atoms with E-state index in [0.29, 0.717) is 12.8 Å². The Morgan fingerprint density at radius 2 is 1.54 bits per heavy atom. The Kier molecular flexibility index (Phi) is 14.0. The number of alkyl carbamates (subject to hydrolysis) is 1. The van der Waals surface area contributed by atoms with Crippen molar-refractivity contribution in [2.24, 2.45) is 5.92 Å². The van der Waals surface area contributed by atoms with Crippen LogP contribution in [-0.4, -0.2) is 34.2 Å². The molecule has 2 amide bonds. The number of piperidine rings is 1. The molecule has 5 unspecified atom stereocenters. The zero-order valence-electron chi connectivity index (χ0n) is 25.9. The Morgan fingerprint density at radius 3 is 2.10 bits per heavy atom. The van der Waals surface area contributed by atoms with E-state index in [0.717, 1.165) is 37.7 Å². The first-order valence-corrected chi connectivity index (χ1v) is 15.6. The predicted octanol–water partition coefficient (Wildman–Crippen LogP) is 8.90. The van der Waals surface area contributed by atoms with Crippen LogP contribution in [0.4, 0.5) is 4.79 Å². The van der Waals surface area contributed by atoms with Crippen LogP contribution in [0, 0.1) is 5.92 Å². The largest absolute Gasteiger partial charge is 0.446 e. The van der Waals surface area contributed by atoms with Crippen molar-refractivity contribution in [1.82, 2.24) is 10.4 Å². The van der Waals surface area contributed by atoms with Crippen molar-refractivity contribution in [3.8, 4) is 0 Å². The summed E-state index contributed by atoms with van der Waals surface area (Å²) in [7, 11) is 0. The minimum atomic E-state index is -0.628. The molecule has 5 atom stereocenters. The molecule has 222 valence electrons. The number of hydrogen-bond donors (Lipinski definition) is 1. The lowest BCUT2D eigenvalue weighted by Crippen LogP contribution is -2.68.